The summed E-state index contributed by atoms with van der Waals surface area (Å²) < 4.78 is 5.12. The Morgan fingerprint density at radius 1 is 1.56 bits per heavy atom. The lowest BCUT2D eigenvalue weighted by Crippen LogP contribution is -1.99. The fraction of sp³-hybridized carbons (Fsp3) is 0.308. The van der Waals surface area contributed by atoms with Gasteiger partial charge in [-0.05, 0) is 24.6 Å². The number of carboxylic acids is 1. The van der Waals surface area contributed by atoms with Crippen LogP contribution in [-0.2, 0) is 4.79 Å². The van der Waals surface area contributed by atoms with Crippen LogP contribution in [0.15, 0.2) is 34.7 Å². The molecule has 0 saturated carbocycles. The molecule has 0 radical (unpaired) electrons. The molecule has 0 atom stereocenters. The Labute approximate surface area is 111 Å². The third kappa shape index (κ3) is 4.00. The minimum absolute atomic E-state index is 0.420. The van der Waals surface area contributed by atoms with Crippen molar-refractivity contribution in [1.82, 2.24) is 0 Å². The molecule has 98 valence electrons. The summed E-state index contributed by atoms with van der Waals surface area (Å²) in [5.74, 6) is 0.452. The van der Waals surface area contributed by atoms with Crippen molar-refractivity contribution in [3.05, 3.63) is 29.8 Å². The Hall–Kier alpha value is -1.62. The number of anilines is 1. The maximum atomic E-state index is 10.8. The molecule has 0 aliphatic rings. The minimum atomic E-state index is -0.864. The second-order valence-corrected chi connectivity index (χ2v) is 4.66. The number of hydrogen-bond donors (Lipinski definition) is 2. The van der Waals surface area contributed by atoms with Crippen molar-refractivity contribution in [3.63, 3.8) is 0 Å². The molecule has 0 fully saturated rings. The molecule has 0 amide bonds. The lowest BCUT2D eigenvalue weighted by molar-refractivity contribution is -0.132. The summed E-state index contributed by atoms with van der Waals surface area (Å²) in [7, 11) is 1.60. The molecule has 3 N–H and O–H groups in total. The van der Waals surface area contributed by atoms with E-state index in [4.69, 9.17) is 15.6 Å². The molecular weight excluding hydrogens is 250 g/mol. The monoisotopic (exact) mass is 267 g/mol. The van der Waals surface area contributed by atoms with Gasteiger partial charge in [-0.1, -0.05) is 13.0 Å². The van der Waals surface area contributed by atoms with E-state index >= 15 is 0 Å². The second kappa shape index (κ2) is 6.96. The minimum Gasteiger partial charge on any atom is -0.497 e. The SMILES string of the molecule is CCC(=CCSc1cc(OC)ccc1N)C(=O)O. The van der Waals surface area contributed by atoms with Crippen molar-refractivity contribution in [2.45, 2.75) is 18.2 Å². The van der Waals surface area contributed by atoms with E-state index in [1.54, 1.807) is 25.3 Å². The lowest BCUT2D eigenvalue weighted by atomic mass is 10.2. The summed E-state index contributed by atoms with van der Waals surface area (Å²) >= 11 is 1.49. The Kier molecular flexibility index (Phi) is 5.58. The van der Waals surface area contributed by atoms with Crippen LogP contribution >= 0.6 is 11.8 Å². The number of nitrogens with two attached hydrogens (primary N) is 1. The van der Waals surface area contributed by atoms with E-state index in [2.05, 4.69) is 0 Å². The highest BCUT2D eigenvalue weighted by molar-refractivity contribution is 7.99. The van der Waals surface area contributed by atoms with Gasteiger partial charge in [-0.15, -0.1) is 11.8 Å². The van der Waals surface area contributed by atoms with Crippen molar-refractivity contribution in [2.75, 3.05) is 18.6 Å². The molecule has 1 rings (SSSR count). The number of methoxy groups -OCH3 is 1. The van der Waals surface area contributed by atoms with E-state index < -0.39 is 5.97 Å². The summed E-state index contributed by atoms with van der Waals surface area (Å²) in [5, 5.41) is 8.88. The topological polar surface area (TPSA) is 72.5 Å². The number of thioether (sulfide) groups is 1. The van der Waals surface area contributed by atoms with Gasteiger partial charge >= 0.3 is 5.97 Å². The zero-order valence-electron chi connectivity index (χ0n) is 10.5. The molecule has 5 heteroatoms. The normalized spacial score (nSPS) is 11.3. The number of aliphatic carboxylic acids is 1. The zero-order chi connectivity index (χ0) is 13.5. The average Bonchev–Trinajstić information content (AvgIpc) is 2.36. The van der Waals surface area contributed by atoms with Gasteiger partial charge in [0, 0.05) is 21.9 Å². The molecule has 1 aromatic rings. The number of hydrogen-bond acceptors (Lipinski definition) is 4. The van der Waals surface area contributed by atoms with Gasteiger partial charge < -0.3 is 15.6 Å². The molecule has 0 saturated heterocycles. The highest BCUT2D eigenvalue weighted by atomic mass is 32.2. The molecule has 4 nitrogen and oxygen atoms in total. The zero-order valence-corrected chi connectivity index (χ0v) is 11.3. The molecule has 0 heterocycles. The smallest absolute Gasteiger partial charge is 0.331 e. The number of carboxylic acid groups (broad SMARTS) is 1. The van der Waals surface area contributed by atoms with Gasteiger partial charge in [0.2, 0.25) is 0 Å². The fourth-order valence-electron chi connectivity index (χ4n) is 1.38. The maximum absolute atomic E-state index is 10.8. The van der Waals surface area contributed by atoms with Crippen LogP contribution in [0.3, 0.4) is 0 Å². The predicted molar refractivity (Wildman–Crippen MR) is 74.1 cm³/mol. The van der Waals surface area contributed by atoms with Crippen molar-refractivity contribution in [3.8, 4) is 5.75 Å². The van der Waals surface area contributed by atoms with Crippen LogP contribution in [0, 0.1) is 0 Å². The van der Waals surface area contributed by atoms with E-state index in [9.17, 15) is 4.79 Å². The van der Waals surface area contributed by atoms with Crippen LogP contribution in [0.4, 0.5) is 5.69 Å². The van der Waals surface area contributed by atoms with Crippen LogP contribution in [0.1, 0.15) is 13.3 Å². The Balaban J connectivity index is 2.71. The lowest BCUT2D eigenvalue weighted by Gasteiger charge is -2.06. The van der Waals surface area contributed by atoms with Crippen LogP contribution in [-0.4, -0.2) is 23.9 Å². The van der Waals surface area contributed by atoms with E-state index in [1.165, 1.54) is 11.8 Å². The van der Waals surface area contributed by atoms with Crippen LogP contribution in [0.2, 0.25) is 0 Å². The highest BCUT2D eigenvalue weighted by Gasteiger charge is 2.05. The number of nitrogen functional groups attached to an aromatic ring is 1. The number of carbonyl (C=O) groups is 1. The summed E-state index contributed by atoms with van der Waals surface area (Å²) in [6, 6.07) is 5.42. The fourth-order valence-corrected chi connectivity index (χ4v) is 2.28. The van der Waals surface area contributed by atoms with E-state index in [0.29, 0.717) is 23.4 Å². The largest absolute Gasteiger partial charge is 0.497 e. The molecule has 0 aliphatic carbocycles. The Bertz CT molecular complexity index is 458. The van der Waals surface area contributed by atoms with Gasteiger partial charge in [0.25, 0.3) is 0 Å². The summed E-state index contributed by atoms with van der Waals surface area (Å²) in [5.41, 5.74) is 6.93. The summed E-state index contributed by atoms with van der Waals surface area (Å²) in [6.45, 7) is 1.82. The van der Waals surface area contributed by atoms with Gasteiger partial charge in [-0.3, -0.25) is 0 Å². The van der Waals surface area contributed by atoms with E-state index in [0.717, 1.165) is 10.6 Å². The second-order valence-electron chi connectivity index (χ2n) is 3.60. The first-order chi connectivity index (χ1) is 8.58. The summed E-state index contributed by atoms with van der Waals surface area (Å²) in [4.78, 5) is 11.7. The standard InChI is InChI=1S/C13H17NO3S/c1-3-9(13(15)16)6-7-18-12-8-10(17-2)4-5-11(12)14/h4-6,8H,3,7,14H2,1-2H3,(H,15,16). The van der Waals surface area contributed by atoms with Crippen molar-refractivity contribution in [1.29, 1.82) is 0 Å². The third-order valence-electron chi connectivity index (χ3n) is 2.44. The van der Waals surface area contributed by atoms with Crippen LogP contribution in [0.25, 0.3) is 0 Å². The van der Waals surface area contributed by atoms with Gasteiger partial charge in [-0.2, -0.15) is 0 Å². The van der Waals surface area contributed by atoms with Gasteiger partial charge in [0.05, 0.1) is 7.11 Å². The van der Waals surface area contributed by atoms with Crippen LogP contribution in [0.5, 0.6) is 5.75 Å². The average molecular weight is 267 g/mol. The molecule has 1 aromatic carbocycles. The molecule has 0 aromatic heterocycles. The van der Waals surface area contributed by atoms with E-state index in [1.807, 2.05) is 13.0 Å². The molecule has 18 heavy (non-hydrogen) atoms. The number of benzene rings is 1. The van der Waals surface area contributed by atoms with Crippen molar-refractivity contribution in [2.24, 2.45) is 0 Å². The van der Waals surface area contributed by atoms with Crippen LogP contribution < -0.4 is 10.5 Å². The molecule has 0 unspecified atom stereocenters. The Morgan fingerprint density at radius 3 is 2.83 bits per heavy atom. The number of ether oxygens (including phenoxy) is 1. The first-order valence-electron chi connectivity index (χ1n) is 5.57. The quantitative estimate of drug-likeness (QED) is 0.471. The van der Waals surface area contributed by atoms with Crippen molar-refractivity contribution < 1.29 is 14.6 Å². The summed E-state index contributed by atoms with van der Waals surface area (Å²) in [6.07, 6.45) is 2.23. The molecular formula is C13H17NO3S. The van der Waals surface area contributed by atoms with Gasteiger partial charge in [-0.25, -0.2) is 4.79 Å². The third-order valence-corrected chi connectivity index (χ3v) is 3.44. The first kappa shape index (κ1) is 14.4. The molecule has 0 aliphatic heterocycles. The first-order valence-corrected chi connectivity index (χ1v) is 6.55. The maximum Gasteiger partial charge on any atom is 0.331 e. The molecule has 0 bridgehead atoms. The Morgan fingerprint density at radius 2 is 2.28 bits per heavy atom. The predicted octanol–water partition coefficient (Wildman–Crippen LogP) is 2.79. The highest BCUT2D eigenvalue weighted by Crippen LogP contribution is 2.29. The van der Waals surface area contributed by atoms with Gasteiger partial charge in [0.1, 0.15) is 5.75 Å². The van der Waals surface area contributed by atoms with Gasteiger partial charge in [0.15, 0.2) is 0 Å². The molecule has 0 spiro atoms. The number of rotatable bonds is 6. The van der Waals surface area contributed by atoms with E-state index in [-0.39, 0.29) is 0 Å². The van der Waals surface area contributed by atoms with Crippen molar-refractivity contribution >= 4 is 23.4 Å².